The van der Waals surface area contributed by atoms with E-state index in [2.05, 4.69) is 5.32 Å². The second-order valence-electron chi connectivity index (χ2n) is 5.24. The summed E-state index contributed by atoms with van der Waals surface area (Å²) in [5.41, 5.74) is 1.06. The van der Waals surface area contributed by atoms with Crippen LogP contribution in [0.25, 0.3) is 0 Å². The van der Waals surface area contributed by atoms with Crippen LogP contribution in [0.1, 0.15) is 17.3 Å². The number of nitrogens with one attached hydrogen (secondary N) is 1. The smallest absolute Gasteiger partial charge is 0.414 e. The molecule has 1 heterocycles. The van der Waals surface area contributed by atoms with Gasteiger partial charge in [0.1, 0.15) is 6.10 Å². The van der Waals surface area contributed by atoms with Crippen molar-refractivity contribution in [3.63, 3.8) is 0 Å². The lowest BCUT2D eigenvalue weighted by Crippen LogP contribution is -2.33. The fourth-order valence-electron chi connectivity index (χ4n) is 2.19. The van der Waals surface area contributed by atoms with Crippen molar-refractivity contribution >= 4 is 34.3 Å². The number of cyclic esters (lactones) is 1. The van der Waals surface area contributed by atoms with E-state index >= 15 is 0 Å². The number of nitrogens with zero attached hydrogens (tertiary/aromatic N) is 1. The summed E-state index contributed by atoms with van der Waals surface area (Å²) in [6.07, 6.45) is 0.575. The maximum absolute atomic E-state index is 11.9. The normalized spacial score (nSPS) is 18.4. The Morgan fingerprint density at radius 1 is 1.35 bits per heavy atom. The first-order chi connectivity index (χ1) is 10.9. The average molecular weight is 338 g/mol. The molecule has 1 aromatic rings. The molecule has 0 aliphatic carbocycles. The van der Waals surface area contributed by atoms with Gasteiger partial charge in [-0.05, 0) is 24.3 Å². The van der Waals surface area contributed by atoms with Gasteiger partial charge < -0.3 is 10.1 Å². The van der Waals surface area contributed by atoms with Gasteiger partial charge in [-0.3, -0.25) is 18.7 Å². The zero-order valence-corrected chi connectivity index (χ0v) is 13.7. The first-order valence-electron chi connectivity index (χ1n) is 7.02. The van der Waals surface area contributed by atoms with Gasteiger partial charge in [-0.1, -0.05) is 0 Å². The Bertz CT molecular complexity index is 644. The molecule has 2 rings (SSSR count). The van der Waals surface area contributed by atoms with Crippen molar-refractivity contribution in [2.24, 2.45) is 0 Å². The van der Waals surface area contributed by atoms with Crippen molar-refractivity contribution in [2.45, 2.75) is 13.0 Å². The minimum Gasteiger partial charge on any atom is -0.442 e. The molecule has 1 fully saturated rings. The minimum absolute atomic E-state index is 0.0239. The van der Waals surface area contributed by atoms with E-state index < -0.39 is 23.0 Å². The topological polar surface area (TPSA) is 92.8 Å². The largest absolute Gasteiger partial charge is 0.442 e. The summed E-state index contributed by atoms with van der Waals surface area (Å²) in [7, 11) is -1.19. The SMILES string of the molecule is CC(=O)NCC1CN(c2ccc(C(=O)CS(C)=O)cc2)C(=O)O1. The number of carbonyl (C=O) groups is 3. The van der Waals surface area contributed by atoms with Crippen LogP contribution in [0.15, 0.2) is 24.3 Å². The van der Waals surface area contributed by atoms with Gasteiger partial charge in [0.05, 0.1) is 18.8 Å². The van der Waals surface area contributed by atoms with Crippen LogP contribution < -0.4 is 10.2 Å². The van der Waals surface area contributed by atoms with Gasteiger partial charge in [0.2, 0.25) is 5.91 Å². The van der Waals surface area contributed by atoms with E-state index in [1.165, 1.54) is 18.1 Å². The zero-order valence-electron chi connectivity index (χ0n) is 12.9. The Hall–Kier alpha value is -2.22. The highest BCUT2D eigenvalue weighted by atomic mass is 32.2. The van der Waals surface area contributed by atoms with Crippen molar-refractivity contribution in [1.82, 2.24) is 5.32 Å². The third kappa shape index (κ3) is 4.62. The van der Waals surface area contributed by atoms with Crippen LogP contribution in [0.2, 0.25) is 0 Å². The monoisotopic (exact) mass is 338 g/mol. The Kier molecular flexibility index (Phi) is 5.49. The number of Topliss-reactive ketones (excluding diaryl/α,β-unsaturated/α-hetero) is 1. The van der Waals surface area contributed by atoms with Crippen LogP contribution in [0.5, 0.6) is 0 Å². The molecule has 1 saturated heterocycles. The van der Waals surface area contributed by atoms with E-state index in [0.29, 0.717) is 17.8 Å². The maximum Gasteiger partial charge on any atom is 0.414 e. The summed E-state index contributed by atoms with van der Waals surface area (Å²) in [6.45, 7) is 1.98. The quantitative estimate of drug-likeness (QED) is 0.771. The number of ketones is 1. The minimum atomic E-state index is -1.19. The number of hydrogen-bond donors (Lipinski definition) is 1. The summed E-state index contributed by atoms with van der Waals surface area (Å²) < 4.78 is 16.3. The molecule has 1 aromatic carbocycles. The summed E-state index contributed by atoms with van der Waals surface area (Å²) in [6, 6.07) is 6.49. The summed E-state index contributed by atoms with van der Waals surface area (Å²) >= 11 is 0. The number of anilines is 1. The van der Waals surface area contributed by atoms with Gasteiger partial charge in [0, 0.05) is 35.2 Å². The lowest BCUT2D eigenvalue weighted by molar-refractivity contribution is -0.119. The van der Waals surface area contributed by atoms with E-state index in [-0.39, 0.29) is 24.0 Å². The molecular weight excluding hydrogens is 320 g/mol. The second-order valence-corrected chi connectivity index (χ2v) is 6.68. The Morgan fingerprint density at radius 3 is 2.57 bits per heavy atom. The number of amides is 2. The third-order valence-corrected chi connectivity index (χ3v) is 3.96. The molecule has 0 spiro atoms. The third-order valence-electron chi connectivity index (χ3n) is 3.29. The molecule has 2 unspecified atom stereocenters. The molecule has 1 N–H and O–H groups in total. The van der Waals surface area contributed by atoms with E-state index in [0.717, 1.165) is 0 Å². The van der Waals surface area contributed by atoms with E-state index in [4.69, 9.17) is 4.74 Å². The molecule has 2 atom stereocenters. The standard InChI is InChI=1S/C15H18N2O5S/c1-10(18)16-7-13-8-17(15(20)22-13)12-5-3-11(4-6-12)14(19)9-23(2)21/h3-6,13H,7-9H2,1-2H3,(H,16,18). The molecule has 0 radical (unpaired) electrons. The van der Waals surface area contributed by atoms with Crippen molar-refractivity contribution in [1.29, 1.82) is 0 Å². The highest BCUT2D eigenvalue weighted by molar-refractivity contribution is 7.85. The number of hydrogen-bond acceptors (Lipinski definition) is 5. The first kappa shape index (κ1) is 17.1. The highest BCUT2D eigenvalue weighted by Crippen LogP contribution is 2.22. The highest BCUT2D eigenvalue weighted by Gasteiger charge is 2.32. The van der Waals surface area contributed by atoms with Crippen LogP contribution >= 0.6 is 0 Å². The molecule has 0 bridgehead atoms. The van der Waals surface area contributed by atoms with E-state index in [1.807, 2.05) is 0 Å². The summed E-state index contributed by atoms with van der Waals surface area (Å²) in [5, 5.41) is 2.61. The molecule has 0 saturated carbocycles. The number of carbonyl (C=O) groups excluding carboxylic acids is 3. The molecule has 124 valence electrons. The molecule has 1 aliphatic heterocycles. The summed E-state index contributed by atoms with van der Waals surface area (Å²) in [4.78, 5) is 36.0. The molecule has 1 aliphatic rings. The fourth-order valence-corrected chi connectivity index (χ4v) is 2.73. The molecule has 8 heteroatoms. The molecular formula is C15H18N2O5S. The Labute approximate surface area is 136 Å². The Balaban J connectivity index is 2.02. The number of rotatable bonds is 6. The zero-order chi connectivity index (χ0) is 17.0. The van der Waals surface area contributed by atoms with Crippen LogP contribution in [0.4, 0.5) is 10.5 Å². The van der Waals surface area contributed by atoms with Crippen LogP contribution in [-0.4, -0.2) is 53.2 Å². The van der Waals surface area contributed by atoms with E-state index in [9.17, 15) is 18.6 Å². The van der Waals surface area contributed by atoms with Crippen LogP contribution in [0, 0.1) is 0 Å². The fraction of sp³-hybridized carbons (Fsp3) is 0.400. The average Bonchev–Trinajstić information content (AvgIpc) is 2.85. The molecule has 0 aromatic heterocycles. The van der Waals surface area contributed by atoms with Gasteiger partial charge in [0.15, 0.2) is 5.78 Å². The number of benzene rings is 1. The molecule has 2 amide bonds. The van der Waals surface area contributed by atoms with Crippen molar-refractivity contribution in [2.75, 3.05) is 30.0 Å². The maximum atomic E-state index is 11.9. The van der Waals surface area contributed by atoms with Crippen LogP contribution in [-0.2, 0) is 20.3 Å². The van der Waals surface area contributed by atoms with Gasteiger partial charge in [0.25, 0.3) is 0 Å². The Morgan fingerprint density at radius 2 is 2.00 bits per heavy atom. The molecule has 23 heavy (non-hydrogen) atoms. The number of ether oxygens (including phenoxy) is 1. The van der Waals surface area contributed by atoms with Gasteiger partial charge in [-0.25, -0.2) is 4.79 Å². The van der Waals surface area contributed by atoms with E-state index in [1.54, 1.807) is 24.3 Å². The second kappa shape index (κ2) is 7.36. The van der Waals surface area contributed by atoms with Gasteiger partial charge >= 0.3 is 6.09 Å². The van der Waals surface area contributed by atoms with Gasteiger partial charge in [-0.2, -0.15) is 0 Å². The van der Waals surface area contributed by atoms with Crippen LogP contribution in [0.3, 0.4) is 0 Å². The first-order valence-corrected chi connectivity index (χ1v) is 8.75. The van der Waals surface area contributed by atoms with Gasteiger partial charge in [-0.15, -0.1) is 0 Å². The summed E-state index contributed by atoms with van der Waals surface area (Å²) in [5.74, 6) is -0.412. The van der Waals surface area contributed by atoms with Crippen molar-refractivity contribution < 1.29 is 23.3 Å². The predicted molar refractivity (Wildman–Crippen MR) is 86.0 cm³/mol. The van der Waals surface area contributed by atoms with Crippen molar-refractivity contribution in [3.05, 3.63) is 29.8 Å². The lowest BCUT2D eigenvalue weighted by Gasteiger charge is -2.13. The van der Waals surface area contributed by atoms with Crippen molar-refractivity contribution in [3.8, 4) is 0 Å². The molecule has 7 nitrogen and oxygen atoms in total. The lowest BCUT2D eigenvalue weighted by atomic mass is 10.1. The predicted octanol–water partition coefficient (Wildman–Crippen LogP) is 0.709.